The predicted molar refractivity (Wildman–Crippen MR) is 62.0 cm³/mol. The van der Waals surface area contributed by atoms with Gasteiger partial charge < -0.3 is 10.6 Å². The third-order valence-corrected chi connectivity index (χ3v) is 3.63. The van der Waals surface area contributed by atoms with Gasteiger partial charge in [0.25, 0.3) is 0 Å². The Morgan fingerprint density at radius 1 is 1.41 bits per heavy atom. The quantitative estimate of drug-likeness (QED) is 0.809. The minimum absolute atomic E-state index is 0.0972. The second-order valence-corrected chi connectivity index (χ2v) is 4.77. The maximum atomic E-state index is 13.5. The van der Waals surface area contributed by atoms with Crippen molar-refractivity contribution >= 4 is 5.91 Å². The van der Waals surface area contributed by atoms with E-state index in [4.69, 9.17) is 0 Å². The highest BCUT2D eigenvalue weighted by atomic mass is 19.1. The molecule has 0 spiro atoms. The number of nitrogens with one attached hydrogen (secondary N) is 2. The first-order chi connectivity index (χ1) is 8.24. The van der Waals surface area contributed by atoms with E-state index >= 15 is 0 Å². The fourth-order valence-corrected chi connectivity index (χ4v) is 2.79. The zero-order valence-corrected chi connectivity index (χ0v) is 9.50. The van der Waals surface area contributed by atoms with E-state index in [2.05, 4.69) is 10.6 Å². The Labute approximate surface area is 99.4 Å². The molecule has 0 aromatic heterocycles. The first kappa shape index (κ1) is 10.7. The van der Waals surface area contributed by atoms with Gasteiger partial charge >= 0.3 is 0 Å². The molecule has 1 aromatic rings. The molecule has 1 aliphatic carbocycles. The summed E-state index contributed by atoms with van der Waals surface area (Å²) in [5.74, 6) is -0.00705. The average Bonchev–Trinajstić information content (AvgIpc) is 2.88. The molecular weight excluding hydrogens is 219 g/mol. The van der Waals surface area contributed by atoms with Crippen LogP contribution in [0.2, 0.25) is 0 Å². The van der Waals surface area contributed by atoms with Crippen LogP contribution in [0.5, 0.6) is 0 Å². The molecule has 1 amide bonds. The fraction of sp³-hybridized carbons (Fsp3) is 0.462. The number of hydrogen-bond donors (Lipinski definition) is 2. The van der Waals surface area contributed by atoms with Crippen molar-refractivity contribution in [2.75, 3.05) is 6.54 Å². The molecule has 4 heteroatoms. The van der Waals surface area contributed by atoms with Crippen LogP contribution < -0.4 is 10.6 Å². The molecular formula is C13H15FN2O. The smallest absolute Gasteiger partial charge is 0.221 e. The zero-order valence-electron chi connectivity index (χ0n) is 9.50. The summed E-state index contributed by atoms with van der Waals surface area (Å²) in [6, 6.07) is 5.63. The molecule has 1 saturated heterocycles. The summed E-state index contributed by atoms with van der Waals surface area (Å²) in [6.07, 6.45) is 2.23. The summed E-state index contributed by atoms with van der Waals surface area (Å²) < 4.78 is 13.5. The van der Waals surface area contributed by atoms with Crippen LogP contribution in [0.15, 0.2) is 18.2 Å². The van der Waals surface area contributed by atoms with Crippen molar-refractivity contribution in [2.24, 2.45) is 0 Å². The Hall–Kier alpha value is -1.42. The lowest BCUT2D eigenvalue weighted by Crippen LogP contribution is -2.33. The molecule has 1 aromatic carbocycles. The number of rotatable bonds is 2. The highest BCUT2D eigenvalue weighted by Crippen LogP contribution is 2.33. The molecule has 2 N–H and O–H groups in total. The summed E-state index contributed by atoms with van der Waals surface area (Å²) in [7, 11) is 0. The third kappa shape index (κ3) is 1.93. The second-order valence-electron chi connectivity index (χ2n) is 4.77. The predicted octanol–water partition coefficient (Wildman–Crippen LogP) is 1.29. The summed E-state index contributed by atoms with van der Waals surface area (Å²) in [6.45, 7) is 0.681. The van der Waals surface area contributed by atoms with Crippen molar-refractivity contribution in [1.29, 1.82) is 0 Å². The summed E-state index contributed by atoms with van der Waals surface area (Å²) in [4.78, 5) is 11.1. The molecule has 1 heterocycles. The third-order valence-electron chi connectivity index (χ3n) is 3.63. The minimum Gasteiger partial charge on any atom is -0.354 e. The summed E-state index contributed by atoms with van der Waals surface area (Å²) >= 11 is 0. The van der Waals surface area contributed by atoms with Crippen LogP contribution in [0.1, 0.15) is 30.0 Å². The number of carbonyl (C=O) groups excluding carboxylic acids is 1. The van der Waals surface area contributed by atoms with Gasteiger partial charge in [-0.1, -0.05) is 12.1 Å². The Morgan fingerprint density at radius 3 is 3.06 bits per heavy atom. The normalized spacial score (nSPS) is 27.0. The molecule has 90 valence electrons. The average molecular weight is 234 g/mol. The van der Waals surface area contributed by atoms with Gasteiger partial charge in [-0.3, -0.25) is 4.79 Å². The van der Waals surface area contributed by atoms with Crippen LogP contribution in [0.4, 0.5) is 4.39 Å². The van der Waals surface area contributed by atoms with Gasteiger partial charge in [-0.05, 0) is 30.0 Å². The second kappa shape index (κ2) is 4.11. The maximum Gasteiger partial charge on any atom is 0.221 e. The number of fused-ring (bicyclic) bond motifs is 1. The Morgan fingerprint density at radius 2 is 2.29 bits per heavy atom. The van der Waals surface area contributed by atoms with Gasteiger partial charge in [0.1, 0.15) is 5.82 Å². The Bertz CT molecular complexity index is 461. The molecule has 2 aliphatic rings. The van der Waals surface area contributed by atoms with Gasteiger partial charge in [-0.25, -0.2) is 4.39 Å². The van der Waals surface area contributed by atoms with Crippen LogP contribution in [0.3, 0.4) is 0 Å². The van der Waals surface area contributed by atoms with E-state index in [1.54, 1.807) is 6.07 Å². The van der Waals surface area contributed by atoms with Gasteiger partial charge in [0.2, 0.25) is 5.91 Å². The molecule has 0 saturated carbocycles. The van der Waals surface area contributed by atoms with Crippen molar-refractivity contribution in [1.82, 2.24) is 10.6 Å². The van der Waals surface area contributed by atoms with Gasteiger partial charge in [0.05, 0.1) is 0 Å². The number of halogens is 1. The highest BCUT2D eigenvalue weighted by molar-refractivity contribution is 5.78. The van der Waals surface area contributed by atoms with Crippen LogP contribution in [-0.4, -0.2) is 18.5 Å². The van der Waals surface area contributed by atoms with Gasteiger partial charge in [0, 0.05) is 25.0 Å². The van der Waals surface area contributed by atoms with Crippen molar-refractivity contribution in [2.45, 2.75) is 31.3 Å². The van der Waals surface area contributed by atoms with E-state index < -0.39 is 0 Å². The number of carbonyl (C=O) groups is 1. The molecule has 1 fully saturated rings. The minimum atomic E-state index is -0.104. The van der Waals surface area contributed by atoms with E-state index in [0.717, 1.165) is 24.0 Å². The van der Waals surface area contributed by atoms with Gasteiger partial charge in [0.15, 0.2) is 0 Å². The maximum absolute atomic E-state index is 13.5. The van der Waals surface area contributed by atoms with E-state index in [1.807, 2.05) is 6.07 Å². The first-order valence-corrected chi connectivity index (χ1v) is 6.04. The number of amides is 1. The summed E-state index contributed by atoms with van der Waals surface area (Å²) in [5, 5.41) is 6.25. The van der Waals surface area contributed by atoms with E-state index in [-0.39, 0.29) is 23.8 Å². The van der Waals surface area contributed by atoms with Crippen LogP contribution in [0, 0.1) is 5.82 Å². The van der Waals surface area contributed by atoms with Crippen LogP contribution in [0.25, 0.3) is 0 Å². The van der Waals surface area contributed by atoms with Gasteiger partial charge in [-0.2, -0.15) is 0 Å². The number of benzene rings is 1. The SMILES string of the molecule is O=C1CC(NC2CCc3c(F)cccc32)CN1. The number of hydrogen-bond acceptors (Lipinski definition) is 2. The first-order valence-electron chi connectivity index (χ1n) is 6.04. The van der Waals surface area contributed by atoms with Crippen molar-refractivity contribution in [3.05, 3.63) is 35.1 Å². The lowest BCUT2D eigenvalue weighted by molar-refractivity contribution is -0.119. The molecule has 0 radical (unpaired) electrons. The molecule has 17 heavy (non-hydrogen) atoms. The van der Waals surface area contributed by atoms with E-state index in [1.165, 1.54) is 6.07 Å². The molecule has 3 rings (SSSR count). The lowest BCUT2D eigenvalue weighted by atomic mass is 10.1. The van der Waals surface area contributed by atoms with E-state index in [9.17, 15) is 9.18 Å². The van der Waals surface area contributed by atoms with Crippen LogP contribution in [-0.2, 0) is 11.2 Å². The fourth-order valence-electron chi connectivity index (χ4n) is 2.79. The topological polar surface area (TPSA) is 41.1 Å². The summed E-state index contributed by atoms with van der Waals surface area (Å²) in [5.41, 5.74) is 1.90. The standard InChI is InChI=1S/C13H15FN2O/c14-11-3-1-2-10-9(11)4-5-12(10)16-8-6-13(17)15-7-8/h1-3,8,12,16H,4-7H2,(H,15,17). The van der Waals surface area contributed by atoms with Crippen LogP contribution >= 0.6 is 0 Å². The van der Waals surface area contributed by atoms with Crippen molar-refractivity contribution in [3.8, 4) is 0 Å². The molecule has 3 nitrogen and oxygen atoms in total. The molecule has 2 unspecified atom stereocenters. The largest absolute Gasteiger partial charge is 0.354 e. The van der Waals surface area contributed by atoms with Crippen molar-refractivity contribution < 1.29 is 9.18 Å². The monoisotopic (exact) mass is 234 g/mol. The zero-order chi connectivity index (χ0) is 11.8. The highest BCUT2D eigenvalue weighted by Gasteiger charge is 2.29. The Kier molecular flexibility index (Phi) is 2.59. The lowest BCUT2D eigenvalue weighted by Gasteiger charge is -2.18. The van der Waals surface area contributed by atoms with Crippen molar-refractivity contribution in [3.63, 3.8) is 0 Å². The van der Waals surface area contributed by atoms with Gasteiger partial charge in [-0.15, -0.1) is 0 Å². The Balaban J connectivity index is 1.75. The van der Waals surface area contributed by atoms with E-state index in [0.29, 0.717) is 13.0 Å². The molecule has 1 aliphatic heterocycles. The molecule has 2 atom stereocenters. The molecule has 0 bridgehead atoms.